The van der Waals surface area contributed by atoms with Crippen molar-refractivity contribution in [2.24, 2.45) is 0 Å². The van der Waals surface area contributed by atoms with Gasteiger partial charge in [-0.05, 0) is 48.5 Å². The lowest BCUT2D eigenvalue weighted by atomic mass is 10.2. The van der Waals surface area contributed by atoms with Gasteiger partial charge in [0.1, 0.15) is 23.1 Å². The van der Waals surface area contributed by atoms with Crippen molar-refractivity contribution in [2.45, 2.75) is 4.90 Å². The van der Waals surface area contributed by atoms with Gasteiger partial charge in [0.25, 0.3) is 15.9 Å². The molecular weight excluding hydrogens is 470 g/mol. The van der Waals surface area contributed by atoms with Gasteiger partial charge in [0.2, 0.25) is 0 Å². The Morgan fingerprint density at radius 1 is 0.941 bits per heavy atom. The maximum atomic E-state index is 13.6. The molecule has 0 saturated heterocycles. The Kier molecular flexibility index (Phi) is 7.47. The summed E-state index contributed by atoms with van der Waals surface area (Å²) in [6.45, 7) is -0.802. The first-order valence-electron chi connectivity index (χ1n) is 9.78. The third kappa shape index (κ3) is 5.31. The van der Waals surface area contributed by atoms with E-state index in [1.54, 1.807) is 24.3 Å². The van der Waals surface area contributed by atoms with E-state index in [1.807, 2.05) is 5.32 Å². The first-order valence-corrected chi connectivity index (χ1v) is 11.2. The van der Waals surface area contributed by atoms with Crippen molar-refractivity contribution < 1.29 is 36.3 Å². The molecule has 0 aliphatic rings. The predicted octanol–water partition coefficient (Wildman–Crippen LogP) is 3.59. The van der Waals surface area contributed by atoms with Crippen LogP contribution < -0.4 is 14.4 Å². The second-order valence-corrected chi connectivity index (χ2v) is 8.86. The van der Waals surface area contributed by atoms with Gasteiger partial charge in [-0.1, -0.05) is 18.2 Å². The lowest BCUT2D eigenvalue weighted by Crippen LogP contribution is -2.27. The van der Waals surface area contributed by atoms with Gasteiger partial charge in [0, 0.05) is 7.05 Å². The zero-order chi connectivity index (χ0) is 24.9. The number of ether oxygens (including phenoxy) is 2. The van der Waals surface area contributed by atoms with E-state index in [9.17, 15) is 26.8 Å². The van der Waals surface area contributed by atoms with Gasteiger partial charge in [-0.25, -0.2) is 22.0 Å². The lowest BCUT2D eigenvalue weighted by Gasteiger charge is -2.21. The molecule has 0 fully saturated rings. The number of rotatable bonds is 8. The number of carbonyl (C=O) groups is 2. The van der Waals surface area contributed by atoms with Crippen LogP contribution in [0.1, 0.15) is 10.4 Å². The van der Waals surface area contributed by atoms with Crippen LogP contribution in [0.3, 0.4) is 0 Å². The van der Waals surface area contributed by atoms with E-state index in [2.05, 4.69) is 0 Å². The zero-order valence-electron chi connectivity index (χ0n) is 18.1. The van der Waals surface area contributed by atoms with Crippen LogP contribution in [0.15, 0.2) is 71.6 Å². The first-order chi connectivity index (χ1) is 16.1. The fourth-order valence-electron chi connectivity index (χ4n) is 2.95. The van der Waals surface area contributed by atoms with E-state index in [-0.39, 0.29) is 10.5 Å². The minimum absolute atomic E-state index is 0.0243. The van der Waals surface area contributed by atoms with Crippen LogP contribution in [-0.2, 0) is 19.6 Å². The largest absolute Gasteiger partial charge is 0.495 e. The van der Waals surface area contributed by atoms with E-state index in [0.717, 1.165) is 22.5 Å². The Morgan fingerprint density at radius 3 is 2.18 bits per heavy atom. The van der Waals surface area contributed by atoms with Crippen LogP contribution in [0.4, 0.5) is 20.2 Å². The monoisotopic (exact) mass is 490 g/mol. The maximum Gasteiger partial charge on any atom is 0.338 e. The van der Waals surface area contributed by atoms with Gasteiger partial charge in [-0.15, -0.1) is 0 Å². The number of halogens is 2. The summed E-state index contributed by atoms with van der Waals surface area (Å²) < 4.78 is 64.2. The van der Waals surface area contributed by atoms with E-state index in [0.29, 0.717) is 11.4 Å². The van der Waals surface area contributed by atoms with E-state index < -0.39 is 45.8 Å². The van der Waals surface area contributed by atoms with E-state index >= 15 is 0 Å². The van der Waals surface area contributed by atoms with Crippen LogP contribution in [-0.4, -0.2) is 41.1 Å². The van der Waals surface area contributed by atoms with Gasteiger partial charge < -0.3 is 14.8 Å². The second kappa shape index (κ2) is 10.3. The Morgan fingerprint density at radius 2 is 1.56 bits per heavy atom. The predicted molar refractivity (Wildman–Crippen MR) is 120 cm³/mol. The van der Waals surface area contributed by atoms with Crippen LogP contribution in [0.5, 0.6) is 5.75 Å². The molecule has 3 aromatic rings. The molecule has 0 aromatic heterocycles. The smallest absolute Gasteiger partial charge is 0.338 e. The second-order valence-electron chi connectivity index (χ2n) is 6.89. The average Bonchev–Trinajstić information content (AvgIpc) is 2.84. The van der Waals surface area contributed by atoms with E-state index in [1.165, 1.54) is 38.4 Å². The number of amides is 1. The Labute approximate surface area is 194 Å². The highest BCUT2D eigenvalue weighted by atomic mass is 32.2. The molecule has 34 heavy (non-hydrogen) atoms. The van der Waals surface area contributed by atoms with Crippen molar-refractivity contribution in [3.8, 4) is 5.75 Å². The van der Waals surface area contributed by atoms with Crippen LogP contribution >= 0.6 is 0 Å². The molecule has 3 rings (SSSR count). The Balaban J connectivity index is 1.66. The molecule has 8 nitrogen and oxygen atoms in total. The summed E-state index contributed by atoms with van der Waals surface area (Å²) in [7, 11) is -1.18. The fourth-order valence-corrected chi connectivity index (χ4v) is 4.15. The lowest BCUT2D eigenvalue weighted by molar-refractivity contribution is -0.119. The van der Waals surface area contributed by atoms with Gasteiger partial charge >= 0.3 is 5.97 Å². The third-order valence-corrected chi connectivity index (χ3v) is 6.52. The maximum absolute atomic E-state index is 13.6. The molecule has 178 valence electrons. The van der Waals surface area contributed by atoms with Gasteiger partial charge in [0.15, 0.2) is 6.61 Å². The quantitative estimate of drug-likeness (QED) is 0.484. The molecule has 0 radical (unpaired) electrons. The van der Waals surface area contributed by atoms with Crippen LogP contribution in [0, 0.1) is 11.6 Å². The van der Waals surface area contributed by atoms with Gasteiger partial charge in [-0.3, -0.25) is 9.10 Å². The molecular formula is C23H20F2N2O6S. The van der Waals surface area contributed by atoms with Crippen molar-refractivity contribution in [2.75, 3.05) is 30.4 Å². The number of sulfonamides is 1. The highest BCUT2D eigenvalue weighted by molar-refractivity contribution is 7.92. The number of hydrogen-bond donors (Lipinski definition) is 1. The normalized spacial score (nSPS) is 10.9. The standard InChI is InChI=1S/C23H20F2N2O6S/c1-27(19-8-3-4-9-20(19)32-2)34(30,31)16-12-10-15(11-13-16)23(29)33-14-21(28)26-22-17(24)6-5-7-18(22)25/h3-13H,14H2,1-2H3,(H,26,28). The fraction of sp³-hybridized carbons (Fsp3) is 0.130. The number of esters is 1. The molecule has 0 atom stereocenters. The summed E-state index contributed by atoms with van der Waals surface area (Å²) in [5.41, 5.74) is -0.355. The molecule has 1 N–H and O–H groups in total. The number of carbonyl (C=O) groups excluding carboxylic acids is 2. The van der Waals surface area contributed by atoms with Crippen molar-refractivity contribution in [3.05, 3.63) is 83.9 Å². The Bertz CT molecular complexity index is 1290. The summed E-state index contributed by atoms with van der Waals surface area (Å²) in [6, 6.07) is 14.5. The number of para-hydroxylation sites is 3. The number of hydrogen-bond acceptors (Lipinski definition) is 6. The number of nitrogens with zero attached hydrogens (tertiary/aromatic N) is 1. The molecule has 0 unspecified atom stereocenters. The molecule has 0 saturated carbocycles. The van der Waals surface area contributed by atoms with Crippen molar-refractivity contribution in [3.63, 3.8) is 0 Å². The molecule has 0 bridgehead atoms. The van der Waals surface area contributed by atoms with Crippen LogP contribution in [0.2, 0.25) is 0 Å². The summed E-state index contributed by atoms with van der Waals surface area (Å²) in [4.78, 5) is 24.0. The minimum atomic E-state index is -3.97. The molecule has 0 heterocycles. The average molecular weight is 490 g/mol. The summed E-state index contributed by atoms with van der Waals surface area (Å²) in [5.74, 6) is -3.47. The number of benzene rings is 3. The highest BCUT2D eigenvalue weighted by Gasteiger charge is 2.24. The first kappa shape index (κ1) is 24.6. The molecule has 3 aromatic carbocycles. The molecule has 0 spiro atoms. The number of nitrogens with one attached hydrogen (secondary N) is 1. The van der Waals surface area contributed by atoms with Gasteiger partial charge in [0.05, 0.1) is 23.3 Å². The summed E-state index contributed by atoms with van der Waals surface area (Å²) in [5, 5.41) is 1.99. The molecule has 1 amide bonds. The van der Waals surface area contributed by atoms with Crippen molar-refractivity contribution >= 4 is 33.3 Å². The zero-order valence-corrected chi connectivity index (χ0v) is 18.9. The summed E-state index contributed by atoms with van der Waals surface area (Å²) in [6.07, 6.45) is 0. The van der Waals surface area contributed by atoms with Crippen LogP contribution in [0.25, 0.3) is 0 Å². The number of anilines is 2. The van der Waals surface area contributed by atoms with Crippen molar-refractivity contribution in [1.82, 2.24) is 0 Å². The highest BCUT2D eigenvalue weighted by Crippen LogP contribution is 2.30. The summed E-state index contributed by atoms with van der Waals surface area (Å²) >= 11 is 0. The topological polar surface area (TPSA) is 102 Å². The van der Waals surface area contributed by atoms with Gasteiger partial charge in [-0.2, -0.15) is 0 Å². The molecule has 11 heteroatoms. The number of methoxy groups -OCH3 is 1. The minimum Gasteiger partial charge on any atom is -0.495 e. The molecule has 0 aliphatic carbocycles. The van der Waals surface area contributed by atoms with Crippen molar-refractivity contribution in [1.29, 1.82) is 0 Å². The third-order valence-electron chi connectivity index (χ3n) is 4.73. The van der Waals surface area contributed by atoms with E-state index in [4.69, 9.17) is 9.47 Å². The Hall–Kier alpha value is -3.99. The SMILES string of the molecule is COc1ccccc1N(C)S(=O)(=O)c1ccc(C(=O)OCC(=O)Nc2c(F)cccc2F)cc1. The molecule has 0 aliphatic heterocycles.